The highest BCUT2D eigenvalue weighted by molar-refractivity contribution is 5.83. The first kappa shape index (κ1) is 10.9. The van der Waals surface area contributed by atoms with Crippen LogP contribution in [0.5, 0.6) is 11.5 Å². The molecule has 1 atom stereocenters. The lowest BCUT2D eigenvalue weighted by Crippen LogP contribution is -2.13. The van der Waals surface area contributed by atoms with Crippen LogP contribution < -0.4 is 9.47 Å². The highest BCUT2D eigenvalue weighted by Crippen LogP contribution is 2.45. The van der Waals surface area contributed by atoms with Crippen molar-refractivity contribution < 1.29 is 19.0 Å². The van der Waals surface area contributed by atoms with Gasteiger partial charge in [-0.05, 0) is 12.1 Å². The van der Waals surface area contributed by atoms with Gasteiger partial charge in [-0.1, -0.05) is 24.3 Å². The van der Waals surface area contributed by atoms with E-state index in [9.17, 15) is 4.79 Å². The fourth-order valence-corrected chi connectivity index (χ4v) is 2.11. The molecule has 0 saturated heterocycles. The van der Waals surface area contributed by atoms with E-state index in [1.165, 1.54) is 7.11 Å². The molecule has 1 aliphatic carbocycles. The average Bonchev–Trinajstić information content (AvgIpc) is 2.96. The summed E-state index contributed by atoms with van der Waals surface area (Å²) in [5, 5.41) is 0. The summed E-state index contributed by atoms with van der Waals surface area (Å²) in [4.78, 5) is 11.1. The molecule has 92 valence electrons. The first-order valence-electron chi connectivity index (χ1n) is 5.67. The number of fused-ring (bicyclic) bond motifs is 3. The number of hydrogen-bond acceptors (Lipinski definition) is 4. The maximum Gasteiger partial charge on any atom is 0.343 e. The Morgan fingerprint density at radius 1 is 1.44 bits per heavy atom. The topological polar surface area (TPSA) is 44.8 Å². The van der Waals surface area contributed by atoms with Gasteiger partial charge in [0.2, 0.25) is 0 Å². The molecule has 0 fully saturated rings. The third-order valence-electron chi connectivity index (χ3n) is 2.98. The molecule has 0 saturated carbocycles. The minimum Gasteiger partial charge on any atom is -0.478 e. The molecule has 18 heavy (non-hydrogen) atoms. The van der Waals surface area contributed by atoms with E-state index in [4.69, 9.17) is 9.47 Å². The summed E-state index contributed by atoms with van der Waals surface area (Å²) in [5.74, 6) is 0.855. The lowest BCUT2D eigenvalue weighted by molar-refractivity contribution is -0.142. The van der Waals surface area contributed by atoms with Gasteiger partial charge in [0.05, 0.1) is 7.11 Å². The van der Waals surface area contributed by atoms with Crippen molar-refractivity contribution in [3.63, 3.8) is 0 Å². The van der Waals surface area contributed by atoms with Gasteiger partial charge in [0.1, 0.15) is 6.10 Å². The molecule has 0 amide bonds. The number of carbonyl (C=O) groups is 1. The van der Waals surface area contributed by atoms with Crippen molar-refractivity contribution >= 4 is 11.5 Å². The number of esters is 1. The first-order valence-corrected chi connectivity index (χ1v) is 5.67. The number of allylic oxidation sites excluding steroid dienone is 2. The fourth-order valence-electron chi connectivity index (χ4n) is 2.11. The lowest BCUT2D eigenvalue weighted by atomic mass is 10.1. The summed E-state index contributed by atoms with van der Waals surface area (Å²) in [6.45, 7) is -0.115. The lowest BCUT2D eigenvalue weighted by Gasteiger charge is -2.09. The predicted molar refractivity (Wildman–Crippen MR) is 65.5 cm³/mol. The zero-order valence-corrected chi connectivity index (χ0v) is 9.88. The van der Waals surface area contributed by atoms with E-state index in [1.807, 2.05) is 30.4 Å². The van der Waals surface area contributed by atoms with Gasteiger partial charge in [0.15, 0.2) is 18.1 Å². The Kier molecular flexibility index (Phi) is 2.55. The first-order chi connectivity index (χ1) is 8.79. The molecule has 0 aromatic heterocycles. The SMILES string of the molecule is COC(=O)COc1cccc2c1OC1C=CC=C21. The predicted octanol–water partition coefficient (Wildman–Crippen LogP) is 1.95. The molecular formula is C14H12O4. The van der Waals surface area contributed by atoms with Crippen LogP contribution in [0.3, 0.4) is 0 Å². The molecule has 0 N–H and O–H groups in total. The van der Waals surface area contributed by atoms with Gasteiger partial charge in [-0.15, -0.1) is 0 Å². The normalized spacial score (nSPS) is 18.7. The minimum absolute atomic E-state index is 0.0251. The van der Waals surface area contributed by atoms with Crippen molar-refractivity contribution in [3.8, 4) is 11.5 Å². The maximum atomic E-state index is 11.1. The molecule has 2 aliphatic rings. The largest absolute Gasteiger partial charge is 0.478 e. The van der Waals surface area contributed by atoms with Gasteiger partial charge in [0, 0.05) is 11.1 Å². The minimum atomic E-state index is -0.412. The van der Waals surface area contributed by atoms with Gasteiger partial charge in [-0.2, -0.15) is 0 Å². The Hall–Kier alpha value is -2.23. The van der Waals surface area contributed by atoms with Crippen LogP contribution in [-0.2, 0) is 9.53 Å². The van der Waals surface area contributed by atoms with E-state index in [0.717, 1.165) is 11.1 Å². The van der Waals surface area contributed by atoms with Gasteiger partial charge in [-0.25, -0.2) is 4.79 Å². The number of ether oxygens (including phenoxy) is 3. The summed E-state index contributed by atoms with van der Waals surface area (Å²) >= 11 is 0. The number of rotatable bonds is 3. The van der Waals surface area contributed by atoms with Crippen molar-refractivity contribution in [3.05, 3.63) is 42.0 Å². The molecule has 1 unspecified atom stereocenters. The van der Waals surface area contributed by atoms with Gasteiger partial charge >= 0.3 is 5.97 Å². The quantitative estimate of drug-likeness (QED) is 0.762. The van der Waals surface area contributed by atoms with Crippen LogP contribution in [0.1, 0.15) is 5.56 Å². The molecular weight excluding hydrogens is 232 g/mol. The summed E-state index contributed by atoms with van der Waals surface area (Å²) in [5.41, 5.74) is 2.15. The van der Waals surface area contributed by atoms with Crippen LogP contribution in [0.25, 0.3) is 5.57 Å². The second kappa shape index (κ2) is 4.22. The summed E-state index contributed by atoms with van der Waals surface area (Å²) in [6.07, 6.45) is 5.97. The molecule has 1 aromatic carbocycles. The van der Waals surface area contributed by atoms with E-state index in [0.29, 0.717) is 11.5 Å². The molecule has 0 spiro atoms. The van der Waals surface area contributed by atoms with Crippen LogP contribution >= 0.6 is 0 Å². The number of carbonyl (C=O) groups excluding carboxylic acids is 1. The van der Waals surface area contributed by atoms with Crippen LogP contribution in [0.4, 0.5) is 0 Å². The molecule has 1 aromatic rings. The molecule has 4 nitrogen and oxygen atoms in total. The Balaban J connectivity index is 1.86. The van der Waals surface area contributed by atoms with E-state index in [-0.39, 0.29) is 12.7 Å². The Labute approximate surface area is 104 Å². The zero-order valence-electron chi connectivity index (χ0n) is 9.88. The highest BCUT2D eigenvalue weighted by atomic mass is 16.6. The summed E-state index contributed by atoms with van der Waals surface area (Å²) < 4.78 is 15.8. The van der Waals surface area contributed by atoms with Crippen molar-refractivity contribution in [1.29, 1.82) is 0 Å². The van der Waals surface area contributed by atoms with Crippen LogP contribution in [0.2, 0.25) is 0 Å². The van der Waals surface area contributed by atoms with E-state index < -0.39 is 5.97 Å². The summed E-state index contributed by atoms with van der Waals surface area (Å²) in [6, 6.07) is 5.66. The van der Waals surface area contributed by atoms with Gasteiger partial charge in [0.25, 0.3) is 0 Å². The number of benzene rings is 1. The maximum absolute atomic E-state index is 11.1. The van der Waals surface area contributed by atoms with E-state index in [2.05, 4.69) is 4.74 Å². The Morgan fingerprint density at radius 3 is 3.17 bits per heavy atom. The van der Waals surface area contributed by atoms with Crippen molar-refractivity contribution in [2.75, 3.05) is 13.7 Å². The second-order valence-corrected chi connectivity index (χ2v) is 4.04. The zero-order chi connectivity index (χ0) is 12.5. The van der Waals surface area contributed by atoms with Crippen LogP contribution in [-0.4, -0.2) is 25.8 Å². The Bertz CT molecular complexity index is 557. The highest BCUT2D eigenvalue weighted by Gasteiger charge is 2.31. The number of para-hydroxylation sites is 1. The second-order valence-electron chi connectivity index (χ2n) is 4.04. The average molecular weight is 244 g/mol. The number of hydrogen-bond donors (Lipinski definition) is 0. The third-order valence-corrected chi connectivity index (χ3v) is 2.98. The molecule has 1 aliphatic heterocycles. The van der Waals surface area contributed by atoms with Crippen LogP contribution in [0.15, 0.2) is 36.4 Å². The Morgan fingerprint density at radius 2 is 2.33 bits per heavy atom. The van der Waals surface area contributed by atoms with Crippen LogP contribution in [0, 0.1) is 0 Å². The molecule has 3 rings (SSSR count). The van der Waals surface area contributed by atoms with Gasteiger partial charge in [-0.3, -0.25) is 0 Å². The monoisotopic (exact) mass is 244 g/mol. The standard InChI is InChI=1S/C14H12O4/c1-16-13(15)8-17-12-7-3-5-10-9-4-2-6-11(9)18-14(10)12/h2-7,11H,8H2,1H3. The van der Waals surface area contributed by atoms with E-state index >= 15 is 0 Å². The number of methoxy groups -OCH3 is 1. The smallest absolute Gasteiger partial charge is 0.343 e. The fraction of sp³-hybridized carbons (Fsp3) is 0.214. The molecule has 1 heterocycles. The molecule has 0 radical (unpaired) electrons. The van der Waals surface area contributed by atoms with Gasteiger partial charge < -0.3 is 14.2 Å². The third kappa shape index (κ3) is 1.66. The summed E-state index contributed by atoms with van der Waals surface area (Å²) in [7, 11) is 1.33. The van der Waals surface area contributed by atoms with E-state index in [1.54, 1.807) is 6.07 Å². The molecule has 4 heteroatoms. The van der Waals surface area contributed by atoms with Crippen molar-refractivity contribution in [2.24, 2.45) is 0 Å². The van der Waals surface area contributed by atoms with Crippen molar-refractivity contribution in [1.82, 2.24) is 0 Å². The molecule has 0 bridgehead atoms. The van der Waals surface area contributed by atoms with Crippen molar-refractivity contribution in [2.45, 2.75) is 6.10 Å².